The maximum atomic E-state index is 9.61. The molecule has 0 saturated heterocycles. The van der Waals surface area contributed by atoms with Gasteiger partial charge in [0, 0.05) is 0 Å². The lowest BCUT2D eigenvalue weighted by molar-refractivity contribution is 0.564. The van der Waals surface area contributed by atoms with Crippen molar-refractivity contribution in [3.63, 3.8) is 0 Å². The molecule has 0 amide bonds. The molecule has 0 bridgehead atoms. The summed E-state index contributed by atoms with van der Waals surface area (Å²) in [7, 11) is 0. The zero-order chi connectivity index (χ0) is 6.95. The second-order valence-corrected chi connectivity index (χ2v) is 1.67. The summed E-state index contributed by atoms with van der Waals surface area (Å²) < 4.78 is 0. The van der Waals surface area contributed by atoms with Gasteiger partial charge in [0.25, 0.3) is 0 Å². The lowest BCUT2D eigenvalue weighted by Gasteiger charge is -1.80. The van der Waals surface area contributed by atoms with Gasteiger partial charge in [-0.2, -0.15) is 0 Å². The quantitative estimate of drug-likeness (QED) is 0.317. The van der Waals surface area contributed by atoms with Crippen molar-refractivity contribution in [1.82, 2.24) is 0 Å². The monoisotopic (exact) mass is 123 g/mol. The number of rotatable bonds is 4. The van der Waals surface area contributed by atoms with E-state index in [1.165, 1.54) is 6.08 Å². The van der Waals surface area contributed by atoms with E-state index < -0.39 is 0 Å². The molecule has 0 aromatic rings. The highest BCUT2D eigenvalue weighted by molar-refractivity contribution is 5.65. The van der Waals surface area contributed by atoms with Crippen molar-refractivity contribution >= 4 is 6.29 Å². The lowest BCUT2D eigenvalue weighted by atomic mass is 10.3. The predicted molar refractivity (Wildman–Crippen MR) is 38.9 cm³/mol. The fourth-order valence-corrected chi connectivity index (χ4v) is 0.491. The molecule has 0 aromatic heterocycles. The average Bonchev–Trinajstić information content (AvgIpc) is 1.89. The number of hydrogen-bond acceptors (Lipinski definition) is 1. The zero-order valence-electron chi connectivity index (χ0n) is 5.63. The van der Waals surface area contributed by atoms with Gasteiger partial charge in [-0.25, -0.2) is 0 Å². The summed E-state index contributed by atoms with van der Waals surface area (Å²) in [6, 6.07) is 0. The van der Waals surface area contributed by atoms with Gasteiger partial charge in [0.2, 0.25) is 6.29 Å². The Labute approximate surface area is 56.1 Å². The van der Waals surface area contributed by atoms with Crippen LogP contribution in [0.25, 0.3) is 0 Å². The van der Waals surface area contributed by atoms with Crippen molar-refractivity contribution < 1.29 is 4.79 Å². The van der Waals surface area contributed by atoms with Crippen LogP contribution in [0.5, 0.6) is 0 Å². The second kappa shape index (κ2) is 7.15. The third kappa shape index (κ3) is 7.15. The Morgan fingerprint density at radius 1 is 1.33 bits per heavy atom. The van der Waals surface area contributed by atoms with Crippen molar-refractivity contribution in [3.05, 3.63) is 24.3 Å². The highest BCUT2D eigenvalue weighted by atomic mass is 16.1. The summed E-state index contributed by atoms with van der Waals surface area (Å²) in [5.74, 6) is 0. The fourth-order valence-electron chi connectivity index (χ4n) is 0.491. The van der Waals surface area contributed by atoms with Crippen LogP contribution in [-0.2, 0) is 4.79 Å². The maximum absolute atomic E-state index is 9.61. The predicted octanol–water partition coefficient (Wildman–Crippen LogP) is 2.01. The van der Waals surface area contributed by atoms with E-state index in [0.29, 0.717) is 0 Å². The Kier molecular flexibility index (Phi) is 6.47. The zero-order valence-corrected chi connectivity index (χ0v) is 5.63. The van der Waals surface area contributed by atoms with E-state index in [1.807, 2.05) is 19.1 Å². The van der Waals surface area contributed by atoms with Crippen molar-refractivity contribution in [3.8, 4) is 0 Å². The Balaban J connectivity index is 3.08. The molecule has 0 atom stereocenters. The molecule has 0 N–H and O–H groups in total. The molecule has 0 aliphatic carbocycles. The smallest absolute Gasteiger partial charge is 0.225 e. The third-order valence-corrected chi connectivity index (χ3v) is 0.922. The molecule has 1 nitrogen and oxygen atoms in total. The first-order chi connectivity index (χ1) is 4.41. The molecule has 0 aliphatic heterocycles. The van der Waals surface area contributed by atoms with Gasteiger partial charge in [0.05, 0.1) is 0 Å². The normalized spacial score (nSPS) is 11.2. The van der Waals surface area contributed by atoms with Gasteiger partial charge in [-0.1, -0.05) is 18.2 Å². The molecule has 1 radical (unpaired) electrons. The van der Waals surface area contributed by atoms with Gasteiger partial charge in [0.1, 0.15) is 0 Å². The Bertz CT molecular complexity index is 112. The van der Waals surface area contributed by atoms with Gasteiger partial charge in [-0.3, -0.25) is 4.79 Å². The molecule has 49 valence electrons. The van der Waals surface area contributed by atoms with Gasteiger partial charge in [-0.15, -0.1) is 0 Å². The Hall–Kier alpha value is -0.850. The maximum Gasteiger partial charge on any atom is 0.225 e. The van der Waals surface area contributed by atoms with Crippen molar-refractivity contribution in [2.45, 2.75) is 19.8 Å². The van der Waals surface area contributed by atoms with Gasteiger partial charge in [0.15, 0.2) is 0 Å². The molecular formula is C8H11O. The molecule has 1 heteroatoms. The van der Waals surface area contributed by atoms with Crippen LogP contribution in [0.1, 0.15) is 19.8 Å². The van der Waals surface area contributed by atoms with E-state index in [4.69, 9.17) is 0 Å². The van der Waals surface area contributed by atoms with Crippen LogP contribution in [0.15, 0.2) is 24.3 Å². The summed E-state index contributed by atoms with van der Waals surface area (Å²) in [6.45, 7) is 1.98. The summed E-state index contributed by atoms with van der Waals surface area (Å²) in [5, 5.41) is 0. The molecule has 0 aliphatic rings. The minimum Gasteiger partial charge on any atom is -0.286 e. The van der Waals surface area contributed by atoms with Gasteiger partial charge >= 0.3 is 0 Å². The summed E-state index contributed by atoms with van der Waals surface area (Å²) in [5.41, 5.74) is 0. The lowest BCUT2D eigenvalue weighted by Crippen LogP contribution is -1.64. The third-order valence-electron chi connectivity index (χ3n) is 0.922. The van der Waals surface area contributed by atoms with Crippen LogP contribution < -0.4 is 0 Å². The van der Waals surface area contributed by atoms with Gasteiger partial charge < -0.3 is 0 Å². The summed E-state index contributed by atoms with van der Waals surface area (Å²) in [6.07, 6.45) is 10.9. The number of hydrogen-bond donors (Lipinski definition) is 0. The molecule has 0 rings (SSSR count). The van der Waals surface area contributed by atoms with Crippen molar-refractivity contribution in [2.75, 3.05) is 0 Å². The summed E-state index contributed by atoms with van der Waals surface area (Å²) >= 11 is 0. The van der Waals surface area contributed by atoms with Crippen LogP contribution >= 0.6 is 0 Å². The molecular weight excluding hydrogens is 112 g/mol. The highest BCUT2D eigenvalue weighted by Gasteiger charge is 1.72. The van der Waals surface area contributed by atoms with E-state index in [1.54, 1.807) is 6.29 Å². The number of carbonyl (C=O) groups excluding carboxylic acids is 1. The van der Waals surface area contributed by atoms with Crippen LogP contribution in [0.4, 0.5) is 0 Å². The minimum absolute atomic E-state index is 0.930. The van der Waals surface area contributed by atoms with Crippen LogP contribution in [0, 0.1) is 0 Å². The first kappa shape index (κ1) is 8.15. The topological polar surface area (TPSA) is 17.1 Å². The van der Waals surface area contributed by atoms with E-state index in [9.17, 15) is 4.79 Å². The first-order valence-corrected chi connectivity index (χ1v) is 3.05. The van der Waals surface area contributed by atoms with Crippen LogP contribution in [-0.4, -0.2) is 6.29 Å². The molecule has 0 heterocycles. The van der Waals surface area contributed by atoms with E-state index in [0.717, 1.165) is 12.8 Å². The Morgan fingerprint density at radius 3 is 2.56 bits per heavy atom. The van der Waals surface area contributed by atoms with Crippen molar-refractivity contribution in [1.29, 1.82) is 0 Å². The molecule has 0 fully saturated rings. The molecule has 9 heavy (non-hydrogen) atoms. The largest absolute Gasteiger partial charge is 0.286 e. The SMILES string of the molecule is C/C=C/CC/C=C/[C]=O. The number of unbranched alkanes of at least 4 members (excludes halogenated alkanes) is 1. The van der Waals surface area contributed by atoms with Crippen molar-refractivity contribution in [2.24, 2.45) is 0 Å². The average molecular weight is 123 g/mol. The van der Waals surface area contributed by atoms with E-state index in [2.05, 4.69) is 6.08 Å². The van der Waals surface area contributed by atoms with E-state index in [-0.39, 0.29) is 0 Å². The molecule has 0 unspecified atom stereocenters. The second-order valence-electron chi connectivity index (χ2n) is 1.67. The fraction of sp³-hybridized carbons (Fsp3) is 0.375. The van der Waals surface area contributed by atoms with E-state index >= 15 is 0 Å². The van der Waals surface area contributed by atoms with Crippen LogP contribution in [0.2, 0.25) is 0 Å². The highest BCUT2D eigenvalue weighted by Crippen LogP contribution is 1.90. The summed E-state index contributed by atoms with van der Waals surface area (Å²) in [4.78, 5) is 9.61. The van der Waals surface area contributed by atoms with Crippen LogP contribution in [0.3, 0.4) is 0 Å². The molecule has 0 spiro atoms. The van der Waals surface area contributed by atoms with Gasteiger partial charge in [-0.05, 0) is 25.8 Å². The molecule has 0 saturated carbocycles. The minimum atomic E-state index is 0.930. The first-order valence-electron chi connectivity index (χ1n) is 3.05. The standard InChI is InChI=1S/C8H11O/c1-2-3-4-5-6-7-8-9/h2-3,6-7H,4-5H2,1H3/b3-2+,7-6+. The Morgan fingerprint density at radius 2 is 2.00 bits per heavy atom. The molecule has 0 aromatic carbocycles. The number of allylic oxidation sites excluding steroid dienone is 4.